The number of carboxylic acid groups (broad SMARTS) is 1. The maximum atomic E-state index is 12.1. The third-order valence-electron chi connectivity index (χ3n) is 3.12. The number of hydrogen-bond donors (Lipinski definition) is 2. The molecule has 1 aromatic rings. The van der Waals surface area contributed by atoms with Gasteiger partial charge in [-0.25, -0.2) is 17.9 Å². The summed E-state index contributed by atoms with van der Waals surface area (Å²) in [6, 6.07) is 0.837. The summed E-state index contributed by atoms with van der Waals surface area (Å²) in [5.74, 6) is -1.62. The fourth-order valence-electron chi connectivity index (χ4n) is 1.97. The van der Waals surface area contributed by atoms with Crippen molar-refractivity contribution in [2.45, 2.75) is 36.8 Å². The minimum Gasteiger partial charge on any atom is -0.475 e. The number of carbonyl (C=O) groups is 1. The lowest BCUT2D eigenvalue weighted by Gasteiger charge is -2.34. The summed E-state index contributed by atoms with van der Waals surface area (Å²) in [5, 5.41) is 8.77. The predicted molar refractivity (Wildman–Crippen MR) is 64.5 cm³/mol. The molecule has 8 heteroatoms. The molecule has 1 aliphatic carbocycles. The van der Waals surface area contributed by atoms with Crippen molar-refractivity contribution in [3.05, 3.63) is 17.6 Å². The highest BCUT2D eigenvalue weighted by Crippen LogP contribution is 2.26. The summed E-state index contributed by atoms with van der Waals surface area (Å²) >= 11 is 0. The molecule has 1 fully saturated rings. The van der Waals surface area contributed by atoms with Gasteiger partial charge in [-0.3, -0.25) is 0 Å². The Bertz CT molecular complexity index is 584. The molecule has 1 aliphatic rings. The average Bonchev–Trinajstić information content (AvgIpc) is 2.66. The normalized spacial score (nSPS) is 23.1. The van der Waals surface area contributed by atoms with E-state index in [0.717, 1.165) is 6.07 Å². The Morgan fingerprint density at radius 3 is 2.63 bits per heavy atom. The van der Waals surface area contributed by atoms with Gasteiger partial charge in [-0.2, -0.15) is 0 Å². The van der Waals surface area contributed by atoms with Crippen molar-refractivity contribution in [3.8, 4) is 0 Å². The maximum Gasteiger partial charge on any atom is 0.371 e. The molecule has 0 saturated heterocycles. The second kappa shape index (κ2) is 4.95. The van der Waals surface area contributed by atoms with Gasteiger partial charge in [0.25, 0.3) is 0 Å². The summed E-state index contributed by atoms with van der Waals surface area (Å²) in [7, 11) is -2.18. The largest absolute Gasteiger partial charge is 0.475 e. The number of furan rings is 1. The number of methoxy groups -OCH3 is 1. The third-order valence-corrected chi connectivity index (χ3v) is 4.75. The fourth-order valence-corrected chi connectivity index (χ4v) is 3.42. The molecule has 0 amide bonds. The monoisotopic (exact) mass is 289 g/mol. The van der Waals surface area contributed by atoms with Gasteiger partial charge in [0.15, 0.2) is 0 Å². The number of sulfonamides is 1. The standard InChI is InChI=1S/C11H15NO6S/c1-6-10(5-9(18-6)11(13)14)19(15,16)12-7-3-8(4-7)17-2/h5,7-8,12H,3-4H2,1-2H3,(H,13,14). The highest BCUT2D eigenvalue weighted by molar-refractivity contribution is 7.89. The van der Waals surface area contributed by atoms with Crippen molar-refractivity contribution in [1.82, 2.24) is 4.72 Å². The number of rotatable bonds is 5. The van der Waals surface area contributed by atoms with Crippen LogP contribution in [0.5, 0.6) is 0 Å². The molecule has 106 valence electrons. The van der Waals surface area contributed by atoms with Crippen LogP contribution in [0.15, 0.2) is 15.4 Å². The van der Waals surface area contributed by atoms with Crippen LogP contribution < -0.4 is 4.72 Å². The number of carboxylic acids is 1. The molecule has 7 nitrogen and oxygen atoms in total. The van der Waals surface area contributed by atoms with E-state index in [1.165, 1.54) is 6.92 Å². The molecule has 0 radical (unpaired) electrons. The summed E-state index contributed by atoms with van der Waals surface area (Å²) in [6.07, 6.45) is 1.30. The van der Waals surface area contributed by atoms with Crippen molar-refractivity contribution < 1.29 is 27.5 Å². The lowest BCUT2D eigenvalue weighted by atomic mass is 9.90. The Morgan fingerprint density at radius 1 is 1.53 bits per heavy atom. The highest BCUT2D eigenvalue weighted by Gasteiger charge is 2.34. The van der Waals surface area contributed by atoms with Gasteiger partial charge in [0.1, 0.15) is 10.7 Å². The van der Waals surface area contributed by atoms with E-state index in [0.29, 0.717) is 12.8 Å². The summed E-state index contributed by atoms with van der Waals surface area (Å²) in [4.78, 5) is 10.6. The van der Waals surface area contributed by atoms with Gasteiger partial charge in [0, 0.05) is 19.2 Å². The number of hydrogen-bond acceptors (Lipinski definition) is 5. The van der Waals surface area contributed by atoms with Crippen molar-refractivity contribution in [2.24, 2.45) is 0 Å². The van der Waals surface area contributed by atoms with Crippen LogP contribution in [-0.4, -0.2) is 38.7 Å². The number of ether oxygens (including phenoxy) is 1. The van der Waals surface area contributed by atoms with E-state index in [9.17, 15) is 13.2 Å². The second-order valence-electron chi connectivity index (χ2n) is 4.48. The highest BCUT2D eigenvalue weighted by atomic mass is 32.2. The Morgan fingerprint density at radius 2 is 2.16 bits per heavy atom. The van der Waals surface area contributed by atoms with Gasteiger partial charge in [-0.05, 0) is 19.8 Å². The van der Waals surface area contributed by atoms with E-state index in [2.05, 4.69) is 4.72 Å². The van der Waals surface area contributed by atoms with Crippen LogP contribution in [0.1, 0.15) is 29.2 Å². The molecule has 1 aromatic heterocycles. The van der Waals surface area contributed by atoms with Gasteiger partial charge >= 0.3 is 5.97 Å². The summed E-state index contributed by atoms with van der Waals surface area (Å²) in [5.41, 5.74) is 0. The SMILES string of the molecule is COC1CC(NS(=O)(=O)c2cc(C(=O)O)oc2C)C1. The molecular formula is C11H15NO6S. The second-order valence-corrected chi connectivity index (χ2v) is 6.17. The third kappa shape index (κ3) is 2.80. The lowest BCUT2D eigenvalue weighted by Crippen LogP contribution is -2.47. The zero-order valence-electron chi connectivity index (χ0n) is 10.5. The van der Waals surface area contributed by atoms with Gasteiger partial charge < -0.3 is 14.3 Å². The van der Waals surface area contributed by atoms with Gasteiger partial charge in [-0.1, -0.05) is 0 Å². The van der Waals surface area contributed by atoms with E-state index in [1.54, 1.807) is 7.11 Å². The topological polar surface area (TPSA) is 106 Å². The van der Waals surface area contributed by atoms with Crippen LogP contribution in [0.25, 0.3) is 0 Å². The quantitative estimate of drug-likeness (QED) is 0.828. The molecule has 2 rings (SSSR count). The Kier molecular flexibility index (Phi) is 3.66. The molecule has 1 saturated carbocycles. The minimum atomic E-state index is -3.76. The molecule has 0 unspecified atom stereocenters. The zero-order chi connectivity index (χ0) is 14.2. The van der Waals surface area contributed by atoms with E-state index in [4.69, 9.17) is 14.3 Å². The number of aromatic carboxylic acids is 1. The van der Waals surface area contributed by atoms with Gasteiger partial charge in [-0.15, -0.1) is 0 Å². The molecular weight excluding hydrogens is 274 g/mol. The molecule has 0 atom stereocenters. The summed E-state index contributed by atoms with van der Waals surface area (Å²) in [6.45, 7) is 1.42. The van der Waals surface area contributed by atoms with Crippen LogP contribution in [0.3, 0.4) is 0 Å². The zero-order valence-corrected chi connectivity index (χ0v) is 11.4. The van der Waals surface area contributed by atoms with Crippen molar-refractivity contribution in [1.29, 1.82) is 0 Å². The molecule has 0 bridgehead atoms. The first-order valence-electron chi connectivity index (χ1n) is 5.72. The Hall–Kier alpha value is -1.38. The first kappa shape index (κ1) is 14.0. The molecule has 1 heterocycles. The van der Waals surface area contributed by atoms with E-state index in [-0.39, 0.29) is 28.6 Å². The minimum absolute atomic E-state index is 0.0625. The summed E-state index contributed by atoms with van der Waals surface area (Å²) < 4.78 is 36.6. The fraction of sp³-hybridized carbons (Fsp3) is 0.545. The van der Waals surface area contributed by atoms with Crippen LogP contribution in [0, 0.1) is 6.92 Å². The Labute approximate surface area is 110 Å². The molecule has 0 aromatic carbocycles. The van der Waals surface area contributed by atoms with Gasteiger partial charge in [0.2, 0.25) is 15.8 Å². The molecule has 2 N–H and O–H groups in total. The van der Waals surface area contributed by atoms with E-state index in [1.807, 2.05) is 0 Å². The first-order valence-corrected chi connectivity index (χ1v) is 7.20. The van der Waals surface area contributed by atoms with Crippen LogP contribution >= 0.6 is 0 Å². The molecule has 0 spiro atoms. The molecule has 0 aliphatic heterocycles. The van der Waals surface area contributed by atoms with Crippen LogP contribution in [-0.2, 0) is 14.8 Å². The van der Waals surface area contributed by atoms with E-state index >= 15 is 0 Å². The van der Waals surface area contributed by atoms with Crippen molar-refractivity contribution >= 4 is 16.0 Å². The van der Waals surface area contributed by atoms with E-state index < -0.39 is 16.0 Å². The van der Waals surface area contributed by atoms with Crippen LogP contribution in [0.2, 0.25) is 0 Å². The van der Waals surface area contributed by atoms with Crippen LogP contribution in [0.4, 0.5) is 0 Å². The molecule has 19 heavy (non-hydrogen) atoms. The van der Waals surface area contributed by atoms with Gasteiger partial charge in [0.05, 0.1) is 6.10 Å². The average molecular weight is 289 g/mol. The predicted octanol–water partition coefficient (Wildman–Crippen LogP) is 0.742. The maximum absolute atomic E-state index is 12.1. The lowest BCUT2D eigenvalue weighted by molar-refractivity contribution is 0.0236. The number of aryl methyl sites for hydroxylation is 1. The smallest absolute Gasteiger partial charge is 0.371 e. The Balaban J connectivity index is 2.14. The first-order chi connectivity index (χ1) is 8.83. The van der Waals surface area contributed by atoms with Crippen molar-refractivity contribution in [2.75, 3.05) is 7.11 Å². The van der Waals surface area contributed by atoms with Crippen molar-refractivity contribution in [3.63, 3.8) is 0 Å². The number of nitrogens with one attached hydrogen (secondary N) is 1.